The van der Waals surface area contributed by atoms with Crippen molar-refractivity contribution in [1.82, 2.24) is 20.4 Å². The van der Waals surface area contributed by atoms with Gasteiger partial charge in [0.1, 0.15) is 14.7 Å². The number of carbonyl (C=O) groups is 1. The first kappa shape index (κ1) is 29.4. The van der Waals surface area contributed by atoms with Gasteiger partial charge < -0.3 is 4.98 Å². The fraction of sp³-hybridized carbons (Fsp3) is 0.474. The molecule has 0 aliphatic carbocycles. The summed E-state index contributed by atoms with van der Waals surface area (Å²) in [6.45, 7) is 2.37. The van der Waals surface area contributed by atoms with Crippen LogP contribution >= 0.6 is 0 Å². The van der Waals surface area contributed by atoms with Gasteiger partial charge in [0.05, 0.1) is 35.1 Å². The molecule has 2 aromatic rings. The first-order valence-electron chi connectivity index (χ1n) is 10.6. The molecule has 0 saturated heterocycles. The van der Waals surface area contributed by atoms with E-state index in [0.717, 1.165) is 23.5 Å². The molecule has 3 heterocycles. The molecule has 1 amide bonds. The van der Waals surface area contributed by atoms with Crippen molar-refractivity contribution in [2.45, 2.75) is 36.9 Å². The lowest BCUT2D eigenvalue weighted by molar-refractivity contribution is -0.292. The number of nitrogens with zero attached hydrogens (tertiary/aromatic N) is 4. The highest BCUT2D eigenvalue weighted by atomic mass is 32.2. The quantitative estimate of drug-likeness (QED) is 0.236. The molecule has 12 nitrogen and oxygen atoms in total. The number of H-pyrrole nitrogens is 1. The van der Waals surface area contributed by atoms with Crippen LogP contribution < -0.4 is 21.3 Å². The lowest BCUT2D eigenvalue weighted by Gasteiger charge is -2.26. The molecule has 19 heteroatoms. The van der Waals surface area contributed by atoms with Crippen LogP contribution in [0, 0.1) is 0 Å². The van der Waals surface area contributed by atoms with Crippen molar-refractivity contribution in [3.05, 3.63) is 34.5 Å². The number of carbonyl (C=O) groups excluding carboxylic acids is 1. The van der Waals surface area contributed by atoms with E-state index < -0.39 is 71.4 Å². The third-order valence-electron chi connectivity index (χ3n) is 5.11. The van der Waals surface area contributed by atoms with Crippen LogP contribution in [0.5, 0.6) is 0 Å². The van der Waals surface area contributed by atoms with Crippen LogP contribution in [0.2, 0.25) is 0 Å². The number of hydrogen-bond donors (Lipinski definition) is 2. The number of hydroxylamine groups is 1. The molecule has 0 aromatic carbocycles. The van der Waals surface area contributed by atoms with Gasteiger partial charge in [0.2, 0.25) is 0 Å². The summed E-state index contributed by atoms with van der Waals surface area (Å²) in [4.78, 5) is 25.8. The van der Waals surface area contributed by atoms with Gasteiger partial charge in [0.15, 0.2) is 27.0 Å². The minimum absolute atomic E-state index is 0.241. The Balaban J connectivity index is 2.01. The number of imidazole rings is 1. The number of amides is 1. The van der Waals surface area contributed by atoms with Crippen LogP contribution in [0.25, 0.3) is 6.08 Å². The molecular formula is C19H21F5N6O6S2. The highest BCUT2D eigenvalue weighted by molar-refractivity contribution is 7.91. The second-order valence-electron chi connectivity index (χ2n) is 8.11. The Morgan fingerprint density at radius 3 is 2.45 bits per heavy atom. The molecular weight excluding hydrogens is 567 g/mol. The Morgan fingerprint density at radius 2 is 1.87 bits per heavy atom. The Labute approximate surface area is 212 Å². The Bertz CT molecular complexity index is 1570. The summed E-state index contributed by atoms with van der Waals surface area (Å²) in [6, 6.07) is 0.0507. The second-order valence-corrected chi connectivity index (χ2v) is 12.6. The normalized spacial score (nSPS) is 16.4. The van der Waals surface area contributed by atoms with Crippen LogP contribution in [0.4, 0.5) is 27.8 Å². The van der Waals surface area contributed by atoms with E-state index in [2.05, 4.69) is 15.1 Å². The number of pyridine rings is 1. The van der Waals surface area contributed by atoms with Crippen molar-refractivity contribution >= 4 is 37.5 Å². The average molecular weight is 589 g/mol. The van der Waals surface area contributed by atoms with Crippen molar-refractivity contribution in [2.75, 3.05) is 29.4 Å². The number of rotatable bonds is 9. The van der Waals surface area contributed by atoms with Crippen molar-refractivity contribution < 1.29 is 48.4 Å². The number of hydrogen-bond acceptors (Lipinski definition) is 10. The number of sulfone groups is 2. The Kier molecular flexibility index (Phi) is 7.86. The van der Waals surface area contributed by atoms with Crippen molar-refractivity contribution in [1.29, 1.82) is 0 Å². The van der Waals surface area contributed by atoms with Gasteiger partial charge in [0, 0.05) is 12.5 Å². The van der Waals surface area contributed by atoms with Gasteiger partial charge in [-0.15, -0.1) is 5.10 Å². The summed E-state index contributed by atoms with van der Waals surface area (Å²) < 4.78 is 114. The largest absolute Gasteiger partial charge is 0.461 e. The molecule has 0 fully saturated rings. The Hall–Kier alpha value is -3.19. The monoisotopic (exact) mass is 588 g/mol. The first-order valence-corrected chi connectivity index (χ1v) is 14.3. The summed E-state index contributed by atoms with van der Waals surface area (Å²) in [5.41, 5.74) is 1.10. The average Bonchev–Trinajstić information content (AvgIpc) is 3.23. The summed E-state index contributed by atoms with van der Waals surface area (Å²) in [7, 11) is -7.46. The lowest BCUT2D eigenvalue weighted by Crippen LogP contribution is -2.42. The molecule has 0 radical (unpaired) electrons. The minimum atomic E-state index is -5.92. The molecule has 1 aliphatic rings. The number of anilines is 1. The summed E-state index contributed by atoms with van der Waals surface area (Å²) in [6.07, 6.45) is -2.81. The predicted molar refractivity (Wildman–Crippen MR) is 121 cm³/mol. The van der Waals surface area contributed by atoms with Crippen LogP contribution in [-0.2, 0) is 30.4 Å². The molecule has 0 bridgehead atoms. The Morgan fingerprint density at radius 1 is 1.21 bits per heavy atom. The summed E-state index contributed by atoms with van der Waals surface area (Å²) in [5.74, 6) is -9.12. The number of alkyl halides is 5. The molecule has 210 valence electrons. The maximum absolute atomic E-state index is 13.8. The highest BCUT2D eigenvalue weighted by Crippen LogP contribution is 2.41. The van der Waals surface area contributed by atoms with Crippen LogP contribution in [-0.4, -0.2) is 74.3 Å². The van der Waals surface area contributed by atoms with Crippen molar-refractivity contribution in [3.63, 3.8) is 0 Å². The molecule has 3 rings (SSSR count). The number of aromatic amines is 1. The summed E-state index contributed by atoms with van der Waals surface area (Å²) in [5, 5.41) is 4.64. The first-order chi connectivity index (χ1) is 17.4. The van der Waals surface area contributed by atoms with Crippen LogP contribution in [0.1, 0.15) is 30.0 Å². The maximum atomic E-state index is 13.8. The van der Waals surface area contributed by atoms with Gasteiger partial charge in [-0.05, 0) is 19.1 Å². The zero-order valence-electron chi connectivity index (χ0n) is 19.9. The fourth-order valence-corrected chi connectivity index (χ4v) is 4.51. The zero-order chi connectivity index (χ0) is 28.7. The fourth-order valence-electron chi connectivity index (χ4n) is 3.08. The van der Waals surface area contributed by atoms with Crippen LogP contribution in [0.3, 0.4) is 0 Å². The molecule has 0 spiro atoms. The lowest BCUT2D eigenvalue weighted by atomic mass is 10.2. The van der Waals surface area contributed by atoms with Gasteiger partial charge >= 0.3 is 12.1 Å². The van der Waals surface area contributed by atoms with Gasteiger partial charge in [-0.3, -0.25) is 9.63 Å². The van der Waals surface area contributed by atoms with Gasteiger partial charge in [-0.1, -0.05) is 6.92 Å². The smallest absolute Gasteiger partial charge is 0.335 e. The van der Waals surface area contributed by atoms with Gasteiger partial charge in [-0.25, -0.2) is 37.3 Å². The summed E-state index contributed by atoms with van der Waals surface area (Å²) >= 11 is 0. The second kappa shape index (κ2) is 10.2. The molecule has 2 aromatic heterocycles. The van der Waals surface area contributed by atoms with E-state index in [1.807, 2.05) is 10.5 Å². The zero-order valence-corrected chi connectivity index (χ0v) is 21.5. The molecule has 2 N–H and O–H groups in total. The van der Waals surface area contributed by atoms with E-state index in [0.29, 0.717) is 0 Å². The number of fused-ring (bicyclic) bond motifs is 1. The van der Waals surface area contributed by atoms with E-state index in [1.54, 1.807) is 0 Å². The predicted octanol–water partition coefficient (Wildman–Crippen LogP) is 0.182. The van der Waals surface area contributed by atoms with E-state index >= 15 is 0 Å². The topological polar surface area (TPSA) is 164 Å². The third-order valence-corrected chi connectivity index (χ3v) is 7.75. The van der Waals surface area contributed by atoms with E-state index in [4.69, 9.17) is 4.84 Å². The van der Waals surface area contributed by atoms with Crippen molar-refractivity contribution in [3.8, 4) is 0 Å². The minimum Gasteiger partial charge on any atom is -0.335 e. The molecule has 1 unspecified atom stereocenters. The molecule has 38 heavy (non-hydrogen) atoms. The van der Waals surface area contributed by atoms with Crippen LogP contribution in [0.15, 0.2) is 22.3 Å². The maximum Gasteiger partial charge on any atom is 0.461 e. The van der Waals surface area contributed by atoms with Gasteiger partial charge in [-0.2, -0.15) is 22.0 Å². The standard InChI is InChI=1S/C19H21F5N6O6S2/c1-4-38(34,35)13-8-11(16(31)29-36-5-6-37(3,32)33)9-25-15(13)30-10(2)7-12-14(28-30)27-17(26-12)18(20,21)19(22,23)24/h7-10H,4-6H2,1-3H3,(H,29,31)(H,26,27,28). The van der Waals surface area contributed by atoms with Gasteiger partial charge in [0.25, 0.3) is 5.91 Å². The third kappa shape index (κ3) is 6.09. The number of aromatic nitrogens is 3. The highest BCUT2D eigenvalue weighted by Gasteiger charge is 2.61. The van der Waals surface area contributed by atoms with E-state index in [9.17, 15) is 43.6 Å². The van der Waals surface area contributed by atoms with E-state index in [-0.39, 0.29) is 23.3 Å². The molecule has 1 aliphatic heterocycles. The van der Waals surface area contributed by atoms with E-state index in [1.165, 1.54) is 19.9 Å². The molecule has 0 saturated carbocycles. The molecule has 1 atom stereocenters. The van der Waals surface area contributed by atoms with Crippen molar-refractivity contribution in [2.24, 2.45) is 5.10 Å². The number of halogens is 5. The SMILES string of the molecule is CCS(=O)(=O)c1cc(C(=O)NOCCS(C)(=O)=O)cnc1N1N=c2nc(C(F)(F)C(F)(F)F)[nH]c2=CC1C. The number of nitrogens with one attached hydrogen (secondary N) is 2.